The van der Waals surface area contributed by atoms with Gasteiger partial charge in [-0.3, -0.25) is 0 Å². The van der Waals surface area contributed by atoms with E-state index in [1.807, 2.05) is 6.08 Å². The van der Waals surface area contributed by atoms with Crippen molar-refractivity contribution in [3.8, 4) is 0 Å². The van der Waals surface area contributed by atoms with Crippen molar-refractivity contribution < 1.29 is 0 Å². The Morgan fingerprint density at radius 3 is 2.43 bits per heavy atom. The Kier molecular flexibility index (Phi) is 3.75. The maximum Gasteiger partial charge on any atom is 0.0439 e. The van der Waals surface area contributed by atoms with Gasteiger partial charge in [0.15, 0.2) is 0 Å². The highest BCUT2D eigenvalue weighted by atomic mass is 15.1. The van der Waals surface area contributed by atoms with Crippen molar-refractivity contribution in [2.75, 3.05) is 18.0 Å². The third-order valence-corrected chi connectivity index (χ3v) is 2.51. The third-order valence-electron chi connectivity index (χ3n) is 2.51. The summed E-state index contributed by atoms with van der Waals surface area (Å²) >= 11 is 0. The molecule has 0 aliphatic carbocycles. The van der Waals surface area contributed by atoms with Crippen LogP contribution < -0.4 is 4.90 Å². The molecule has 1 aromatic carbocycles. The summed E-state index contributed by atoms with van der Waals surface area (Å²) in [5.74, 6) is 0. The van der Waals surface area contributed by atoms with Gasteiger partial charge in [0.2, 0.25) is 0 Å². The Labute approximate surface area is 87.1 Å². The Bertz CT molecular complexity index is 311. The third kappa shape index (κ3) is 2.16. The molecule has 0 saturated carbocycles. The van der Waals surface area contributed by atoms with E-state index in [2.05, 4.69) is 50.4 Å². The number of rotatable bonds is 4. The minimum Gasteiger partial charge on any atom is -0.372 e. The fourth-order valence-corrected chi connectivity index (χ4v) is 1.69. The van der Waals surface area contributed by atoms with Crippen molar-refractivity contribution >= 4 is 11.8 Å². The first-order valence-electron chi connectivity index (χ1n) is 5.21. The molecule has 0 bridgehead atoms. The van der Waals surface area contributed by atoms with Gasteiger partial charge >= 0.3 is 0 Å². The van der Waals surface area contributed by atoms with Crippen LogP contribution in [0, 0.1) is 6.92 Å². The maximum absolute atomic E-state index is 3.86. The molecule has 14 heavy (non-hydrogen) atoms. The molecule has 0 heterocycles. The van der Waals surface area contributed by atoms with Crippen LogP contribution in [0.25, 0.3) is 6.08 Å². The van der Waals surface area contributed by atoms with Crippen molar-refractivity contribution in [1.82, 2.24) is 0 Å². The quantitative estimate of drug-likeness (QED) is 0.701. The molecule has 1 nitrogen and oxygen atoms in total. The lowest BCUT2D eigenvalue weighted by Gasteiger charge is -2.23. The first-order valence-corrected chi connectivity index (χ1v) is 5.21. The van der Waals surface area contributed by atoms with Crippen LogP contribution in [0.1, 0.15) is 25.0 Å². The second kappa shape index (κ2) is 4.85. The molecule has 0 amide bonds. The molecule has 76 valence electrons. The van der Waals surface area contributed by atoms with Gasteiger partial charge in [0.05, 0.1) is 0 Å². The number of benzene rings is 1. The Morgan fingerprint density at radius 1 is 1.29 bits per heavy atom. The van der Waals surface area contributed by atoms with Gasteiger partial charge in [-0.05, 0) is 38.5 Å². The molecule has 0 radical (unpaired) electrons. The average molecular weight is 189 g/mol. The first kappa shape index (κ1) is 10.8. The van der Waals surface area contributed by atoms with E-state index in [4.69, 9.17) is 0 Å². The molecule has 0 N–H and O–H groups in total. The number of hydrogen-bond acceptors (Lipinski definition) is 1. The SMILES string of the molecule is C=Cc1cc(C)ccc1N(CC)CC. The number of anilines is 1. The van der Waals surface area contributed by atoms with E-state index in [9.17, 15) is 0 Å². The second-order valence-electron chi connectivity index (χ2n) is 3.44. The fraction of sp³-hybridized carbons (Fsp3) is 0.385. The van der Waals surface area contributed by atoms with E-state index >= 15 is 0 Å². The molecule has 0 saturated heterocycles. The molecule has 0 fully saturated rings. The van der Waals surface area contributed by atoms with Crippen LogP contribution in [-0.2, 0) is 0 Å². The molecular formula is C13H19N. The lowest BCUT2D eigenvalue weighted by Crippen LogP contribution is -2.22. The molecule has 0 atom stereocenters. The zero-order valence-electron chi connectivity index (χ0n) is 9.38. The largest absolute Gasteiger partial charge is 0.372 e. The number of aryl methyl sites for hydroxylation is 1. The van der Waals surface area contributed by atoms with Crippen molar-refractivity contribution in [2.45, 2.75) is 20.8 Å². The Balaban J connectivity index is 3.12. The predicted molar refractivity (Wildman–Crippen MR) is 64.8 cm³/mol. The lowest BCUT2D eigenvalue weighted by atomic mass is 10.1. The highest BCUT2D eigenvalue weighted by Crippen LogP contribution is 2.22. The molecule has 0 spiro atoms. The summed E-state index contributed by atoms with van der Waals surface area (Å²) in [6.45, 7) is 12.4. The highest BCUT2D eigenvalue weighted by Gasteiger charge is 2.05. The lowest BCUT2D eigenvalue weighted by molar-refractivity contribution is 0.865. The van der Waals surface area contributed by atoms with Gasteiger partial charge in [0, 0.05) is 18.8 Å². The Hall–Kier alpha value is -1.24. The standard InChI is InChI=1S/C13H19N/c1-5-12-10-11(4)8-9-13(12)14(6-2)7-3/h5,8-10H,1,6-7H2,2-4H3. The highest BCUT2D eigenvalue weighted by molar-refractivity contribution is 5.67. The van der Waals surface area contributed by atoms with E-state index in [1.165, 1.54) is 16.8 Å². The van der Waals surface area contributed by atoms with Crippen molar-refractivity contribution in [2.24, 2.45) is 0 Å². The smallest absolute Gasteiger partial charge is 0.0439 e. The Morgan fingerprint density at radius 2 is 1.93 bits per heavy atom. The van der Waals surface area contributed by atoms with Crippen LogP contribution in [0.3, 0.4) is 0 Å². The maximum atomic E-state index is 3.86. The number of nitrogens with zero attached hydrogens (tertiary/aromatic N) is 1. The van der Waals surface area contributed by atoms with Crippen molar-refractivity contribution in [3.63, 3.8) is 0 Å². The summed E-state index contributed by atoms with van der Waals surface area (Å²) in [5, 5.41) is 0. The normalized spacial score (nSPS) is 9.93. The van der Waals surface area contributed by atoms with Gasteiger partial charge in [-0.25, -0.2) is 0 Å². The van der Waals surface area contributed by atoms with Crippen LogP contribution in [0.15, 0.2) is 24.8 Å². The molecule has 0 aliphatic heterocycles. The minimum atomic E-state index is 1.04. The van der Waals surface area contributed by atoms with Crippen LogP contribution in [0.2, 0.25) is 0 Å². The molecular weight excluding hydrogens is 170 g/mol. The van der Waals surface area contributed by atoms with Crippen molar-refractivity contribution in [1.29, 1.82) is 0 Å². The van der Waals surface area contributed by atoms with Gasteiger partial charge in [0.25, 0.3) is 0 Å². The predicted octanol–water partition coefficient (Wildman–Crippen LogP) is 3.48. The topological polar surface area (TPSA) is 3.24 Å². The molecule has 1 rings (SSSR count). The van der Waals surface area contributed by atoms with Gasteiger partial charge < -0.3 is 4.90 Å². The van der Waals surface area contributed by atoms with Gasteiger partial charge in [0.1, 0.15) is 0 Å². The summed E-state index contributed by atoms with van der Waals surface area (Å²) in [5.41, 5.74) is 3.81. The second-order valence-corrected chi connectivity index (χ2v) is 3.44. The van der Waals surface area contributed by atoms with Gasteiger partial charge in [-0.15, -0.1) is 0 Å². The van der Waals surface area contributed by atoms with Crippen LogP contribution >= 0.6 is 0 Å². The summed E-state index contributed by atoms with van der Waals surface area (Å²) in [4.78, 5) is 2.34. The van der Waals surface area contributed by atoms with Crippen molar-refractivity contribution in [3.05, 3.63) is 35.9 Å². The van der Waals surface area contributed by atoms with Crippen LogP contribution in [0.4, 0.5) is 5.69 Å². The summed E-state index contributed by atoms with van der Waals surface area (Å²) < 4.78 is 0. The zero-order chi connectivity index (χ0) is 10.6. The summed E-state index contributed by atoms with van der Waals surface area (Å²) in [6, 6.07) is 6.51. The molecule has 0 aliphatic rings. The van der Waals surface area contributed by atoms with E-state index < -0.39 is 0 Å². The fourth-order valence-electron chi connectivity index (χ4n) is 1.69. The monoisotopic (exact) mass is 189 g/mol. The van der Waals surface area contributed by atoms with E-state index in [-0.39, 0.29) is 0 Å². The average Bonchev–Trinajstić information content (AvgIpc) is 2.21. The zero-order valence-corrected chi connectivity index (χ0v) is 9.38. The van der Waals surface area contributed by atoms with E-state index in [0.717, 1.165) is 13.1 Å². The van der Waals surface area contributed by atoms with E-state index in [1.54, 1.807) is 0 Å². The van der Waals surface area contributed by atoms with Crippen LogP contribution in [0.5, 0.6) is 0 Å². The minimum absolute atomic E-state index is 1.04. The molecule has 1 heteroatoms. The molecule has 1 aromatic rings. The first-order chi connectivity index (χ1) is 6.72. The van der Waals surface area contributed by atoms with E-state index in [0.29, 0.717) is 0 Å². The molecule has 0 unspecified atom stereocenters. The molecule has 0 aromatic heterocycles. The number of hydrogen-bond donors (Lipinski definition) is 0. The van der Waals surface area contributed by atoms with Gasteiger partial charge in [-0.1, -0.05) is 24.3 Å². The van der Waals surface area contributed by atoms with Gasteiger partial charge in [-0.2, -0.15) is 0 Å². The summed E-state index contributed by atoms with van der Waals surface area (Å²) in [7, 11) is 0. The summed E-state index contributed by atoms with van der Waals surface area (Å²) in [6.07, 6.45) is 1.93. The van der Waals surface area contributed by atoms with Crippen LogP contribution in [-0.4, -0.2) is 13.1 Å².